The number of hydrogen-bond acceptors (Lipinski definition) is 8. The van der Waals surface area contributed by atoms with Gasteiger partial charge in [-0.2, -0.15) is 0 Å². The van der Waals surface area contributed by atoms with Crippen molar-refractivity contribution in [1.82, 2.24) is 9.97 Å². The third-order valence-electron chi connectivity index (χ3n) is 6.40. The zero-order chi connectivity index (χ0) is 24.4. The molecule has 3 N–H and O–H groups in total. The van der Waals surface area contributed by atoms with Crippen LogP contribution in [0.2, 0.25) is 0 Å². The molecule has 1 aliphatic heterocycles. The molecule has 4 aromatic rings. The van der Waals surface area contributed by atoms with Crippen molar-refractivity contribution in [1.29, 1.82) is 0 Å². The van der Waals surface area contributed by atoms with E-state index >= 15 is 0 Å². The fraction of sp³-hybridized carbons (Fsp3) is 0.269. The number of aromatic nitrogens is 2. The first kappa shape index (κ1) is 22.5. The lowest BCUT2D eigenvalue weighted by Crippen LogP contribution is -2.47. The number of fused-ring (bicyclic) bond motifs is 1. The maximum Gasteiger partial charge on any atom is 0.326 e. The van der Waals surface area contributed by atoms with E-state index in [0.717, 1.165) is 41.3 Å². The number of piperidine rings is 1. The lowest BCUT2D eigenvalue weighted by molar-refractivity contribution is -0.137. The summed E-state index contributed by atoms with van der Waals surface area (Å²) in [7, 11) is 0. The summed E-state index contributed by atoms with van der Waals surface area (Å²) in [6.07, 6.45) is 8.35. The lowest BCUT2D eigenvalue weighted by Gasteiger charge is -2.31. The van der Waals surface area contributed by atoms with Crippen molar-refractivity contribution in [3.05, 3.63) is 81.0 Å². The molecule has 9 heteroatoms. The third kappa shape index (κ3) is 4.57. The van der Waals surface area contributed by atoms with Crippen LogP contribution in [0, 0.1) is 0 Å². The van der Waals surface area contributed by atoms with Crippen molar-refractivity contribution in [2.45, 2.75) is 31.7 Å². The van der Waals surface area contributed by atoms with E-state index in [4.69, 9.17) is 0 Å². The van der Waals surface area contributed by atoms with Gasteiger partial charge in [-0.15, -0.1) is 0 Å². The van der Waals surface area contributed by atoms with Crippen LogP contribution in [0.3, 0.4) is 0 Å². The molecule has 178 valence electrons. The van der Waals surface area contributed by atoms with Crippen molar-refractivity contribution in [2.24, 2.45) is 0 Å². The Morgan fingerprint density at radius 2 is 1.74 bits per heavy atom. The highest BCUT2D eigenvalue weighted by atomic mass is 16.4. The number of pyridine rings is 2. The minimum Gasteiger partial charge on any atom is -0.480 e. The van der Waals surface area contributed by atoms with Crippen molar-refractivity contribution >= 4 is 39.6 Å². The Labute approximate surface area is 201 Å². The van der Waals surface area contributed by atoms with E-state index in [1.54, 1.807) is 18.6 Å². The van der Waals surface area contributed by atoms with Gasteiger partial charge >= 0.3 is 5.97 Å². The van der Waals surface area contributed by atoms with Crippen LogP contribution in [0.4, 0.5) is 22.9 Å². The number of carbonyl (C=O) groups is 1. The van der Waals surface area contributed by atoms with Gasteiger partial charge in [0.25, 0.3) is 10.9 Å². The molecule has 2 aromatic carbocycles. The van der Waals surface area contributed by atoms with Crippen LogP contribution in [0.5, 0.6) is 0 Å². The summed E-state index contributed by atoms with van der Waals surface area (Å²) >= 11 is 0. The Morgan fingerprint density at radius 1 is 1.00 bits per heavy atom. The normalized spacial score (nSPS) is 14.7. The summed E-state index contributed by atoms with van der Waals surface area (Å²) in [5.74, 6) is -0.406. The molecule has 2 aromatic heterocycles. The molecule has 5 rings (SSSR count). The van der Waals surface area contributed by atoms with E-state index in [1.165, 1.54) is 0 Å². The standard InChI is InChI=1S/C26H25N5O4/c32-23-21(22(24(23)33)31-12-2-1-3-13-31)30-20(26(34)35)14-16-4-6-18(7-5-16)29-25-19-15-27-10-8-17(19)9-11-28-25/h4-11,15,20,30H,1-3,12-14H2,(H,28,29)(H,34,35). The van der Waals surface area contributed by atoms with Gasteiger partial charge in [0.15, 0.2) is 0 Å². The van der Waals surface area contributed by atoms with Crippen molar-refractivity contribution in [3.8, 4) is 0 Å². The van der Waals surface area contributed by atoms with Gasteiger partial charge in [0.05, 0.1) is 0 Å². The molecule has 35 heavy (non-hydrogen) atoms. The van der Waals surface area contributed by atoms with E-state index in [-0.39, 0.29) is 12.1 Å². The minimum absolute atomic E-state index is 0.123. The highest BCUT2D eigenvalue weighted by Gasteiger charge is 2.30. The summed E-state index contributed by atoms with van der Waals surface area (Å²) in [6.45, 7) is 1.40. The molecule has 9 nitrogen and oxygen atoms in total. The Hall–Kier alpha value is -4.27. The molecule has 3 heterocycles. The predicted octanol–water partition coefficient (Wildman–Crippen LogP) is 3.07. The molecule has 0 saturated carbocycles. The molecule has 0 amide bonds. The largest absolute Gasteiger partial charge is 0.480 e. The number of carboxylic acids is 1. The first-order valence-electron chi connectivity index (χ1n) is 11.6. The molecule has 1 aliphatic rings. The molecular weight excluding hydrogens is 446 g/mol. The number of nitrogens with one attached hydrogen (secondary N) is 2. The van der Waals surface area contributed by atoms with Crippen LogP contribution in [0.25, 0.3) is 10.8 Å². The molecule has 0 aliphatic carbocycles. The molecule has 1 saturated heterocycles. The molecule has 1 unspecified atom stereocenters. The Bertz CT molecular complexity index is 1430. The van der Waals surface area contributed by atoms with Gasteiger partial charge in [-0.05, 0) is 54.5 Å². The quantitative estimate of drug-likeness (QED) is 0.333. The summed E-state index contributed by atoms with van der Waals surface area (Å²) < 4.78 is 0. The van der Waals surface area contributed by atoms with Gasteiger partial charge in [-0.3, -0.25) is 14.6 Å². The number of aliphatic carboxylic acids is 1. The summed E-state index contributed by atoms with van der Waals surface area (Å²) in [6, 6.07) is 10.1. The van der Waals surface area contributed by atoms with Crippen LogP contribution in [-0.4, -0.2) is 40.2 Å². The van der Waals surface area contributed by atoms with Gasteiger partial charge in [0.2, 0.25) is 0 Å². The second-order valence-corrected chi connectivity index (χ2v) is 8.75. The Balaban J connectivity index is 1.30. The number of hydrogen-bond donors (Lipinski definition) is 3. The van der Waals surface area contributed by atoms with Crippen LogP contribution in [-0.2, 0) is 11.2 Å². The molecular formula is C26H25N5O4. The summed E-state index contributed by atoms with van der Waals surface area (Å²) in [5, 5.41) is 17.8. The average Bonchev–Trinajstić information content (AvgIpc) is 2.89. The second-order valence-electron chi connectivity index (χ2n) is 8.75. The topological polar surface area (TPSA) is 125 Å². The van der Waals surface area contributed by atoms with Gasteiger partial charge in [0.1, 0.15) is 23.2 Å². The fourth-order valence-electron chi connectivity index (χ4n) is 4.51. The van der Waals surface area contributed by atoms with E-state index in [9.17, 15) is 19.5 Å². The van der Waals surface area contributed by atoms with Crippen LogP contribution in [0.1, 0.15) is 24.8 Å². The molecule has 1 atom stereocenters. The smallest absolute Gasteiger partial charge is 0.326 e. The van der Waals surface area contributed by atoms with Crippen LogP contribution < -0.4 is 26.4 Å². The molecule has 1 fully saturated rings. The highest BCUT2D eigenvalue weighted by Crippen LogP contribution is 2.26. The summed E-state index contributed by atoms with van der Waals surface area (Å²) in [4.78, 5) is 46.8. The first-order chi connectivity index (χ1) is 17.0. The highest BCUT2D eigenvalue weighted by molar-refractivity contribution is 5.92. The van der Waals surface area contributed by atoms with E-state index < -0.39 is 22.9 Å². The first-order valence-corrected chi connectivity index (χ1v) is 11.6. The van der Waals surface area contributed by atoms with Gasteiger partial charge in [-0.25, -0.2) is 9.78 Å². The molecule has 0 radical (unpaired) electrons. The zero-order valence-electron chi connectivity index (χ0n) is 19.0. The Morgan fingerprint density at radius 3 is 2.49 bits per heavy atom. The zero-order valence-corrected chi connectivity index (χ0v) is 19.0. The Kier molecular flexibility index (Phi) is 6.13. The van der Waals surface area contributed by atoms with Gasteiger partial charge in [-0.1, -0.05) is 12.1 Å². The predicted molar refractivity (Wildman–Crippen MR) is 135 cm³/mol. The molecule has 0 spiro atoms. The van der Waals surface area contributed by atoms with Crippen molar-refractivity contribution in [2.75, 3.05) is 28.6 Å². The third-order valence-corrected chi connectivity index (χ3v) is 6.40. The maximum absolute atomic E-state index is 12.2. The maximum atomic E-state index is 12.2. The SMILES string of the molecule is O=C(O)C(Cc1ccc(Nc2nccc3ccncc23)cc1)Nc1c(N2CCCCC2)c(=O)c1=O. The van der Waals surface area contributed by atoms with Gasteiger partial charge in [0, 0.05) is 49.2 Å². The number of benzene rings is 1. The van der Waals surface area contributed by atoms with Crippen LogP contribution >= 0.6 is 0 Å². The van der Waals surface area contributed by atoms with Gasteiger partial charge < -0.3 is 20.6 Å². The fourth-order valence-corrected chi connectivity index (χ4v) is 4.51. The average molecular weight is 472 g/mol. The molecule has 0 bridgehead atoms. The number of carboxylic acid groups (broad SMARTS) is 1. The summed E-state index contributed by atoms with van der Waals surface area (Å²) in [5.41, 5.74) is 0.851. The minimum atomic E-state index is -1.09. The van der Waals surface area contributed by atoms with Crippen molar-refractivity contribution in [3.63, 3.8) is 0 Å². The number of nitrogens with zero attached hydrogens (tertiary/aromatic N) is 3. The number of anilines is 4. The number of rotatable bonds is 8. The lowest BCUT2D eigenvalue weighted by atomic mass is 10.0. The van der Waals surface area contributed by atoms with Crippen LogP contribution in [0.15, 0.2) is 64.6 Å². The van der Waals surface area contributed by atoms with E-state index in [1.807, 2.05) is 41.3 Å². The second kappa shape index (κ2) is 9.54. The monoisotopic (exact) mass is 471 g/mol. The van der Waals surface area contributed by atoms with E-state index in [2.05, 4.69) is 20.6 Å². The van der Waals surface area contributed by atoms with E-state index in [0.29, 0.717) is 24.6 Å². The van der Waals surface area contributed by atoms with Crippen molar-refractivity contribution < 1.29 is 9.90 Å².